The third-order valence-electron chi connectivity index (χ3n) is 4.13. The number of nitrogens with one attached hydrogen (secondary N) is 1. The molecule has 2 unspecified atom stereocenters. The predicted molar refractivity (Wildman–Crippen MR) is 73.9 cm³/mol. The van der Waals surface area contributed by atoms with Crippen molar-refractivity contribution >= 4 is 11.9 Å². The second-order valence-corrected chi connectivity index (χ2v) is 5.97. The average Bonchev–Trinajstić information content (AvgIpc) is 2.80. The molecule has 1 fully saturated rings. The highest BCUT2D eigenvalue weighted by atomic mass is 16.4. The lowest BCUT2D eigenvalue weighted by molar-refractivity contribution is -0.148. The summed E-state index contributed by atoms with van der Waals surface area (Å²) in [6.07, 6.45) is 1.24. The van der Waals surface area contributed by atoms with Crippen LogP contribution in [0.2, 0.25) is 0 Å². The molecule has 1 aliphatic heterocycles. The Morgan fingerprint density at radius 2 is 2.00 bits per heavy atom. The molecule has 0 bridgehead atoms. The van der Waals surface area contributed by atoms with E-state index in [1.54, 1.807) is 0 Å². The first-order valence-corrected chi connectivity index (χ1v) is 7.07. The quantitative estimate of drug-likeness (QED) is 0.764. The molecule has 0 spiro atoms. The lowest BCUT2D eigenvalue weighted by Crippen LogP contribution is -2.46. The molecule has 1 amide bonds. The molecule has 1 saturated heterocycles. The summed E-state index contributed by atoms with van der Waals surface area (Å²) in [5.41, 5.74) is -0.674. The second kappa shape index (κ2) is 6.37. The Balaban J connectivity index is 2.58. The van der Waals surface area contributed by atoms with Crippen molar-refractivity contribution in [2.24, 2.45) is 11.3 Å². The van der Waals surface area contributed by atoms with Crippen LogP contribution < -0.4 is 5.32 Å². The number of carbonyl (C=O) groups is 2. The summed E-state index contributed by atoms with van der Waals surface area (Å²) in [7, 11) is 0. The molecule has 1 rings (SSSR count). The third kappa shape index (κ3) is 3.69. The number of carbonyl (C=O) groups excluding carboxylic acids is 1. The van der Waals surface area contributed by atoms with E-state index in [1.165, 1.54) is 0 Å². The van der Waals surface area contributed by atoms with E-state index in [0.29, 0.717) is 38.4 Å². The first-order valence-electron chi connectivity index (χ1n) is 7.07. The Morgan fingerprint density at radius 1 is 1.37 bits per heavy atom. The monoisotopic (exact) mass is 270 g/mol. The molecule has 0 aromatic rings. The van der Waals surface area contributed by atoms with Crippen molar-refractivity contribution in [3.63, 3.8) is 0 Å². The van der Waals surface area contributed by atoms with Gasteiger partial charge in [-0.15, -0.1) is 0 Å². The van der Waals surface area contributed by atoms with Crippen LogP contribution in [0.1, 0.15) is 40.5 Å². The highest BCUT2D eigenvalue weighted by Gasteiger charge is 2.45. The first kappa shape index (κ1) is 16.0. The molecule has 0 aliphatic carbocycles. The highest BCUT2D eigenvalue weighted by Crippen LogP contribution is 2.35. The van der Waals surface area contributed by atoms with Crippen LogP contribution in [0.15, 0.2) is 0 Å². The summed E-state index contributed by atoms with van der Waals surface area (Å²) in [5.74, 6) is -0.332. The van der Waals surface area contributed by atoms with Crippen LogP contribution in [0.5, 0.6) is 0 Å². The Kier molecular flexibility index (Phi) is 5.35. The molecule has 110 valence electrons. The molecule has 2 N–H and O–H groups in total. The van der Waals surface area contributed by atoms with E-state index in [2.05, 4.69) is 5.32 Å². The van der Waals surface area contributed by atoms with Gasteiger partial charge in [-0.1, -0.05) is 20.8 Å². The van der Waals surface area contributed by atoms with E-state index in [-0.39, 0.29) is 11.9 Å². The molecule has 0 radical (unpaired) electrons. The lowest BCUT2D eigenvalue weighted by atomic mass is 9.84. The Labute approximate surface area is 115 Å². The summed E-state index contributed by atoms with van der Waals surface area (Å²) in [5, 5.41) is 12.3. The van der Waals surface area contributed by atoms with Crippen LogP contribution in [0.25, 0.3) is 0 Å². The van der Waals surface area contributed by atoms with Gasteiger partial charge in [0.25, 0.3) is 0 Å². The van der Waals surface area contributed by atoms with Crippen LogP contribution in [0.3, 0.4) is 0 Å². The summed E-state index contributed by atoms with van der Waals surface area (Å²) in [6.45, 7) is 9.66. The number of rotatable bonds is 6. The molecule has 19 heavy (non-hydrogen) atoms. The maximum Gasteiger partial charge on any atom is 0.310 e. The topological polar surface area (TPSA) is 69.6 Å². The van der Waals surface area contributed by atoms with Crippen LogP contribution >= 0.6 is 0 Å². The fourth-order valence-electron chi connectivity index (χ4n) is 2.47. The van der Waals surface area contributed by atoms with E-state index in [4.69, 9.17) is 0 Å². The molecule has 0 aromatic carbocycles. The van der Waals surface area contributed by atoms with Gasteiger partial charge in [-0.05, 0) is 25.7 Å². The van der Waals surface area contributed by atoms with Crippen molar-refractivity contribution < 1.29 is 14.7 Å². The standard InChI is InChI=1S/C14H26N2O3/c1-5-14(13(18)19)6-7-16(9-14)11(4)12(17)15-8-10(2)3/h10-11H,5-9H2,1-4H3,(H,15,17)(H,18,19). The van der Waals surface area contributed by atoms with Crippen LogP contribution in [-0.2, 0) is 9.59 Å². The van der Waals surface area contributed by atoms with Crippen molar-refractivity contribution in [3.05, 3.63) is 0 Å². The van der Waals surface area contributed by atoms with Gasteiger partial charge in [0.2, 0.25) is 5.91 Å². The van der Waals surface area contributed by atoms with Crippen molar-refractivity contribution in [1.29, 1.82) is 0 Å². The number of nitrogens with zero attached hydrogens (tertiary/aromatic N) is 1. The zero-order valence-corrected chi connectivity index (χ0v) is 12.4. The minimum Gasteiger partial charge on any atom is -0.481 e. The van der Waals surface area contributed by atoms with Gasteiger partial charge in [0.15, 0.2) is 0 Å². The Hall–Kier alpha value is -1.10. The van der Waals surface area contributed by atoms with Crippen LogP contribution in [0, 0.1) is 11.3 Å². The largest absolute Gasteiger partial charge is 0.481 e. The molecule has 2 atom stereocenters. The number of likely N-dealkylation sites (tertiary alicyclic amines) is 1. The van der Waals surface area contributed by atoms with Gasteiger partial charge in [0, 0.05) is 19.6 Å². The van der Waals surface area contributed by atoms with E-state index in [1.807, 2.05) is 32.6 Å². The molecule has 5 nitrogen and oxygen atoms in total. The van der Waals surface area contributed by atoms with Crippen molar-refractivity contribution in [1.82, 2.24) is 10.2 Å². The normalized spacial score (nSPS) is 25.5. The van der Waals surface area contributed by atoms with E-state index in [0.717, 1.165) is 0 Å². The smallest absolute Gasteiger partial charge is 0.310 e. The highest BCUT2D eigenvalue weighted by molar-refractivity contribution is 5.82. The predicted octanol–water partition coefficient (Wildman–Crippen LogP) is 1.33. The molecule has 0 aromatic heterocycles. The van der Waals surface area contributed by atoms with Gasteiger partial charge in [0.05, 0.1) is 11.5 Å². The Bertz CT molecular complexity index is 344. The number of hydrogen-bond acceptors (Lipinski definition) is 3. The fraction of sp³-hybridized carbons (Fsp3) is 0.857. The maximum atomic E-state index is 12.0. The van der Waals surface area contributed by atoms with Crippen LogP contribution in [-0.4, -0.2) is 47.6 Å². The van der Waals surface area contributed by atoms with Gasteiger partial charge < -0.3 is 10.4 Å². The second-order valence-electron chi connectivity index (χ2n) is 5.97. The SMILES string of the molecule is CCC1(C(=O)O)CCN(C(C)C(=O)NCC(C)C)C1. The summed E-state index contributed by atoms with van der Waals surface area (Å²) in [4.78, 5) is 25.4. The third-order valence-corrected chi connectivity index (χ3v) is 4.13. The van der Waals surface area contributed by atoms with Gasteiger partial charge in [-0.2, -0.15) is 0 Å². The zero-order chi connectivity index (χ0) is 14.6. The van der Waals surface area contributed by atoms with Gasteiger partial charge in [-0.25, -0.2) is 0 Å². The first-order chi connectivity index (χ1) is 8.82. The van der Waals surface area contributed by atoms with E-state index >= 15 is 0 Å². The fourth-order valence-corrected chi connectivity index (χ4v) is 2.47. The van der Waals surface area contributed by atoms with E-state index in [9.17, 15) is 14.7 Å². The van der Waals surface area contributed by atoms with Crippen molar-refractivity contribution in [3.8, 4) is 0 Å². The molecule has 1 aliphatic rings. The summed E-state index contributed by atoms with van der Waals surface area (Å²) < 4.78 is 0. The van der Waals surface area contributed by atoms with Gasteiger partial charge in [0.1, 0.15) is 0 Å². The molecular formula is C14H26N2O3. The molecule has 0 saturated carbocycles. The number of amides is 1. The lowest BCUT2D eigenvalue weighted by Gasteiger charge is -2.26. The maximum absolute atomic E-state index is 12.0. The minimum atomic E-state index is -0.743. The van der Waals surface area contributed by atoms with E-state index < -0.39 is 11.4 Å². The average molecular weight is 270 g/mol. The van der Waals surface area contributed by atoms with Crippen LogP contribution in [0.4, 0.5) is 0 Å². The van der Waals surface area contributed by atoms with Crippen molar-refractivity contribution in [2.75, 3.05) is 19.6 Å². The molecule has 1 heterocycles. The zero-order valence-electron chi connectivity index (χ0n) is 12.4. The number of hydrogen-bond donors (Lipinski definition) is 2. The molecular weight excluding hydrogens is 244 g/mol. The van der Waals surface area contributed by atoms with Gasteiger partial charge >= 0.3 is 5.97 Å². The summed E-state index contributed by atoms with van der Waals surface area (Å²) in [6, 6.07) is -0.258. The number of carboxylic acids is 1. The number of aliphatic carboxylic acids is 1. The van der Waals surface area contributed by atoms with Gasteiger partial charge in [-0.3, -0.25) is 14.5 Å². The number of carboxylic acid groups (broad SMARTS) is 1. The summed E-state index contributed by atoms with van der Waals surface area (Å²) >= 11 is 0. The molecule has 5 heteroatoms. The Morgan fingerprint density at radius 3 is 2.42 bits per heavy atom. The van der Waals surface area contributed by atoms with Crippen molar-refractivity contribution in [2.45, 2.75) is 46.6 Å². The minimum absolute atomic E-state index is 0.00834.